The lowest BCUT2D eigenvalue weighted by Crippen LogP contribution is -2.10. The van der Waals surface area contributed by atoms with Gasteiger partial charge in [-0.05, 0) is 13.3 Å². The minimum Gasteiger partial charge on any atom is -0.212 e. The van der Waals surface area contributed by atoms with Crippen molar-refractivity contribution in [3.8, 4) is 0 Å². The maximum atomic E-state index is 10.7. The second-order valence-electron chi connectivity index (χ2n) is 2.78. The van der Waals surface area contributed by atoms with Gasteiger partial charge in [-0.25, -0.2) is 8.42 Å². The highest BCUT2D eigenvalue weighted by Gasteiger charge is 2.15. The SMILES string of the molecule is CCCCCC(C)S(=O)(=O)Cl. The lowest BCUT2D eigenvalue weighted by Gasteiger charge is -2.05. The van der Waals surface area contributed by atoms with Crippen molar-refractivity contribution in [2.24, 2.45) is 0 Å². The van der Waals surface area contributed by atoms with Crippen LogP contribution in [0.2, 0.25) is 0 Å². The van der Waals surface area contributed by atoms with Crippen LogP contribution in [0.5, 0.6) is 0 Å². The zero-order chi connectivity index (χ0) is 8.91. The monoisotopic (exact) mass is 198 g/mol. The van der Waals surface area contributed by atoms with Gasteiger partial charge in [0.05, 0.1) is 5.25 Å². The molecule has 0 fully saturated rings. The normalized spacial score (nSPS) is 14.8. The summed E-state index contributed by atoms with van der Waals surface area (Å²) >= 11 is 0. The highest BCUT2D eigenvalue weighted by Crippen LogP contribution is 2.13. The van der Waals surface area contributed by atoms with Crippen molar-refractivity contribution in [3.63, 3.8) is 0 Å². The van der Waals surface area contributed by atoms with E-state index in [1.54, 1.807) is 6.92 Å². The molecule has 0 spiro atoms. The summed E-state index contributed by atoms with van der Waals surface area (Å²) < 4.78 is 21.4. The van der Waals surface area contributed by atoms with Gasteiger partial charge < -0.3 is 0 Å². The van der Waals surface area contributed by atoms with Gasteiger partial charge in [-0.15, -0.1) is 0 Å². The van der Waals surface area contributed by atoms with E-state index in [1.165, 1.54) is 0 Å². The lowest BCUT2D eigenvalue weighted by molar-refractivity contribution is 0.580. The van der Waals surface area contributed by atoms with E-state index < -0.39 is 14.3 Å². The largest absolute Gasteiger partial charge is 0.235 e. The maximum Gasteiger partial charge on any atom is 0.235 e. The average Bonchev–Trinajstić information content (AvgIpc) is 1.86. The predicted octanol–water partition coefficient (Wildman–Crippen LogP) is 2.52. The Morgan fingerprint density at radius 1 is 1.36 bits per heavy atom. The Kier molecular flexibility index (Phi) is 5.10. The molecule has 0 aliphatic heterocycles. The number of rotatable bonds is 5. The van der Waals surface area contributed by atoms with E-state index in [0.717, 1.165) is 19.3 Å². The summed E-state index contributed by atoms with van der Waals surface area (Å²) in [6.07, 6.45) is 3.81. The summed E-state index contributed by atoms with van der Waals surface area (Å²) in [7, 11) is 1.82. The van der Waals surface area contributed by atoms with Crippen molar-refractivity contribution in [2.75, 3.05) is 0 Å². The summed E-state index contributed by atoms with van der Waals surface area (Å²) in [5.41, 5.74) is 0. The molecule has 0 N–H and O–H groups in total. The zero-order valence-electron chi connectivity index (χ0n) is 7.01. The minimum atomic E-state index is -3.31. The molecule has 11 heavy (non-hydrogen) atoms. The third-order valence-corrected chi connectivity index (χ3v) is 3.80. The van der Waals surface area contributed by atoms with E-state index in [9.17, 15) is 8.42 Å². The van der Waals surface area contributed by atoms with Crippen LogP contribution in [0.1, 0.15) is 39.5 Å². The summed E-state index contributed by atoms with van der Waals surface area (Å²) in [5.74, 6) is 0. The Hall–Kier alpha value is 0.240. The van der Waals surface area contributed by atoms with Gasteiger partial charge in [0.1, 0.15) is 0 Å². The van der Waals surface area contributed by atoms with Crippen molar-refractivity contribution < 1.29 is 8.42 Å². The number of halogens is 1. The fourth-order valence-electron chi connectivity index (χ4n) is 0.823. The van der Waals surface area contributed by atoms with Gasteiger partial charge in [-0.2, -0.15) is 0 Å². The van der Waals surface area contributed by atoms with E-state index in [1.807, 2.05) is 0 Å². The first-order valence-electron chi connectivity index (χ1n) is 3.92. The second kappa shape index (κ2) is 4.99. The van der Waals surface area contributed by atoms with Crippen LogP contribution in [0.3, 0.4) is 0 Å². The number of hydrogen-bond acceptors (Lipinski definition) is 2. The molecule has 0 amide bonds. The first-order valence-corrected chi connectivity index (χ1v) is 6.29. The third kappa shape index (κ3) is 5.50. The Balaban J connectivity index is 3.62. The average molecular weight is 199 g/mol. The molecule has 0 rings (SSSR count). The molecular formula is C7H15ClO2S. The molecule has 1 atom stereocenters. The van der Waals surface area contributed by atoms with Crippen LogP contribution in [0.25, 0.3) is 0 Å². The predicted molar refractivity (Wildman–Crippen MR) is 48.4 cm³/mol. The summed E-state index contributed by atoms with van der Waals surface area (Å²) in [6.45, 7) is 3.73. The molecule has 0 aliphatic rings. The van der Waals surface area contributed by atoms with Gasteiger partial charge in [0.15, 0.2) is 0 Å². The van der Waals surface area contributed by atoms with Gasteiger partial charge in [-0.1, -0.05) is 26.2 Å². The molecule has 0 saturated heterocycles. The topological polar surface area (TPSA) is 34.1 Å². The first-order chi connectivity index (χ1) is 4.98. The van der Waals surface area contributed by atoms with E-state index in [2.05, 4.69) is 6.92 Å². The third-order valence-electron chi connectivity index (χ3n) is 1.69. The summed E-state index contributed by atoms with van der Waals surface area (Å²) in [4.78, 5) is 0. The Morgan fingerprint density at radius 3 is 2.27 bits per heavy atom. The molecule has 2 nitrogen and oxygen atoms in total. The van der Waals surface area contributed by atoms with Crippen molar-refractivity contribution in [1.29, 1.82) is 0 Å². The molecular weight excluding hydrogens is 184 g/mol. The quantitative estimate of drug-likeness (QED) is 0.503. The van der Waals surface area contributed by atoms with Gasteiger partial charge in [0.25, 0.3) is 0 Å². The first kappa shape index (κ1) is 11.2. The minimum absolute atomic E-state index is 0.393. The molecule has 0 radical (unpaired) electrons. The van der Waals surface area contributed by atoms with Gasteiger partial charge in [0.2, 0.25) is 9.05 Å². The van der Waals surface area contributed by atoms with Crippen LogP contribution in [0, 0.1) is 0 Å². The van der Waals surface area contributed by atoms with E-state index in [-0.39, 0.29) is 0 Å². The maximum absolute atomic E-state index is 10.7. The Morgan fingerprint density at radius 2 is 1.91 bits per heavy atom. The van der Waals surface area contributed by atoms with E-state index in [0.29, 0.717) is 6.42 Å². The van der Waals surface area contributed by atoms with Crippen LogP contribution in [-0.2, 0) is 9.05 Å². The zero-order valence-corrected chi connectivity index (χ0v) is 8.58. The van der Waals surface area contributed by atoms with Crippen LogP contribution in [0.4, 0.5) is 0 Å². The Bertz CT molecular complexity index is 187. The molecule has 0 aromatic rings. The smallest absolute Gasteiger partial charge is 0.212 e. The second-order valence-corrected chi connectivity index (χ2v) is 5.83. The van der Waals surface area contributed by atoms with E-state index >= 15 is 0 Å². The molecule has 0 aromatic carbocycles. The Labute approximate surface area is 73.4 Å². The molecule has 0 heterocycles. The number of unbranched alkanes of at least 4 members (excludes halogenated alkanes) is 2. The highest BCUT2D eigenvalue weighted by molar-refractivity contribution is 8.14. The molecule has 68 valence electrons. The molecule has 0 aromatic heterocycles. The van der Waals surface area contributed by atoms with Crippen LogP contribution < -0.4 is 0 Å². The van der Waals surface area contributed by atoms with Crippen molar-refractivity contribution >= 4 is 19.7 Å². The summed E-state index contributed by atoms with van der Waals surface area (Å²) in [5, 5.41) is -0.393. The van der Waals surface area contributed by atoms with Gasteiger partial charge in [0, 0.05) is 10.7 Å². The van der Waals surface area contributed by atoms with Crippen LogP contribution in [0.15, 0.2) is 0 Å². The van der Waals surface area contributed by atoms with Crippen LogP contribution in [-0.4, -0.2) is 13.7 Å². The molecule has 1 unspecified atom stereocenters. The fourth-order valence-corrected chi connectivity index (χ4v) is 1.54. The summed E-state index contributed by atoms with van der Waals surface area (Å²) in [6, 6.07) is 0. The standard InChI is InChI=1S/C7H15ClO2S/c1-3-4-5-6-7(2)11(8,9)10/h7H,3-6H2,1-2H3. The highest BCUT2D eigenvalue weighted by atomic mass is 35.7. The van der Waals surface area contributed by atoms with Crippen molar-refractivity contribution in [1.82, 2.24) is 0 Å². The fraction of sp³-hybridized carbons (Fsp3) is 1.00. The molecule has 4 heteroatoms. The van der Waals surface area contributed by atoms with Gasteiger partial charge >= 0.3 is 0 Å². The molecule has 0 saturated carbocycles. The van der Waals surface area contributed by atoms with Crippen molar-refractivity contribution in [2.45, 2.75) is 44.8 Å². The van der Waals surface area contributed by atoms with Crippen molar-refractivity contribution in [3.05, 3.63) is 0 Å². The van der Waals surface area contributed by atoms with Gasteiger partial charge in [-0.3, -0.25) is 0 Å². The molecule has 0 aliphatic carbocycles. The molecule has 0 bridgehead atoms. The van der Waals surface area contributed by atoms with Crippen LogP contribution >= 0.6 is 10.7 Å². The van der Waals surface area contributed by atoms with E-state index in [4.69, 9.17) is 10.7 Å². The lowest BCUT2D eigenvalue weighted by atomic mass is 10.2. The number of hydrogen-bond donors (Lipinski definition) is 0.